The molecule has 3 N–H and O–H groups in total. The van der Waals surface area contributed by atoms with Crippen LogP contribution in [-0.2, 0) is 0 Å². The maximum atomic E-state index is 13.0. The standard InChI is InChI=1S/C26H20N4O3/c1-16-13-19(31)15-24(25(16)32)30-28-22-12-11-18(14-23(22)29-30)27-21-10-6-5-9-20(21)26(33)17-7-3-2-4-8-17/h2-15,27,31-32H,1H3. The van der Waals surface area contributed by atoms with E-state index in [1.807, 2.05) is 48.5 Å². The Hall–Kier alpha value is -4.65. The molecule has 0 aliphatic rings. The predicted molar refractivity (Wildman–Crippen MR) is 127 cm³/mol. The fraction of sp³-hybridized carbons (Fsp3) is 0.0385. The molecule has 4 aromatic carbocycles. The number of ketones is 1. The van der Waals surface area contributed by atoms with Gasteiger partial charge in [-0.3, -0.25) is 4.79 Å². The topological polar surface area (TPSA) is 100 Å². The second-order valence-corrected chi connectivity index (χ2v) is 7.69. The van der Waals surface area contributed by atoms with E-state index >= 15 is 0 Å². The highest BCUT2D eigenvalue weighted by Crippen LogP contribution is 2.31. The van der Waals surface area contributed by atoms with Gasteiger partial charge in [-0.2, -0.15) is 0 Å². The highest BCUT2D eigenvalue weighted by atomic mass is 16.3. The Bertz CT molecular complexity index is 1490. The molecule has 7 heteroatoms. The van der Waals surface area contributed by atoms with Crippen molar-refractivity contribution >= 4 is 28.2 Å². The van der Waals surface area contributed by atoms with Crippen molar-refractivity contribution in [2.45, 2.75) is 6.92 Å². The summed E-state index contributed by atoms with van der Waals surface area (Å²) in [5, 5.41) is 32.4. The second-order valence-electron chi connectivity index (χ2n) is 7.69. The number of anilines is 2. The average Bonchev–Trinajstić information content (AvgIpc) is 3.25. The van der Waals surface area contributed by atoms with E-state index in [-0.39, 0.29) is 23.0 Å². The van der Waals surface area contributed by atoms with Crippen molar-refractivity contribution in [2.75, 3.05) is 5.32 Å². The molecule has 5 aromatic rings. The third-order valence-electron chi connectivity index (χ3n) is 5.35. The molecule has 0 aliphatic heterocycles. The molecular weight excluding hydrogens is 416 g/mol. The van der Waals surface area contributed by atoms with Crippen molar-refractivity contribution in [3.8, 4) is 17.2 Å². The van der Waals surface area contributed by atoms with Gasteiger partial charge in [-0.1, -0.05) is 42.5 Å². The average molecular weight is 436 g/mol. The van der Waals surface area contributed by atoms with E-state index < -0.39 is 0 Å². The first-order valence-electron chi connectivity index (χ1n) is 10.4. The number of fused-ring (bicyclic) bond motifs is 1. The zero-order chi connectivity index (χ0) is 22.9. The molecule has 0 saturated heterocycles. The van der Waals surface area contributed by atoms with Gasteiger partial charge in [-0.15, -0.1) is 15.0 Å². The smallest absolute Gasteiger partial charge is 0.195 e. The summed E-state index contributed by atoms with van der Waals surface area (Å²) in [5.74, 6) is -0.0519. The fourth-order valence-corrected chi connectivity index (χ4v) is 3.69. The van der Waals surface area contributed by atoms with E-state index in [0.29, 0.717) is 33.4 Å². The minimum Gasteiger partial charge on any atom is -0.508 e. The molecule has 0 saturated carbocycles. The lowest BCUT2D eigenvalue weighted by Gasteiger charge is -2.11. The molecular formula is C26H20N4O3. The summed E-state index contributed by atoms with van der Waals surface area (Å²) in [6, 6.07) is 24.8. The van der Waals surface area contributed by atoms with Crippen LogP contribution < -0.4 is 5.32 Å². The van der Waals surface area contributed by atoms with E-state index in [9.17, 15) is 15.0 Å². The van der Waals surface area contributed by atoms with Gasteiger partial charge in [0.2, 0.25) is 0 Å². The molecule has 7 nitrogen and oxygen atoms in total. The predicted octanol–water partition coefficient (Wildman–Crippen LogP) is 5.11. The molecule has 0 fully saturated rings. The highest BCUT2D eigenvalue weighted by Gasteiger charge is 2.15. The van der Waals surface area contributed by atoms with E-state index in [1.165, 1.54) is 16.9 Å². The van der Waals surface area contributed by atoms with Gasteiger partial charge in [0.05, 0.1) is 0 Å². The fourth-order valence-electron chi connectivity index (χ4n) is 3.69. The maximum Gasteiger partial charge on any atom is 0.195 e. The summed E-state index contributed by atoms with van der Waals surface area (Å²) in [6.07, 6.45) is 0. The Morgan fingerprint density at radius 2 is 1.58 bits per heavy atom. The van der Waals surface area contributed by atoms with Crippen LogP contribution in [0, 0.1) is 6.92 Å². The van der Waals surface area contributed by atoms with Crippen molar-refractivity contribution < 1.29 is 15.0 Å². The third-order valence-corrected chi connectivity index (χ3v) is 5.35. The number of aromatic hydroxyl groups is 2. The van der Waals surface area contributed by atoms with Crippen LogP contribution in [0.2, 0.25) is 0 Å². The number of rotatable bonds is 5. The van der Waals surface area contributed by atoms with E-state index in [2.05, 4.69) is 15.5 Å². The Labute approximate surface area is 189 Å². The molecule has 0 aliphatic carbocycles. The molecule has 33 heavy (non-hydrogen) atoms. The lowest BCUT2D eigenvalue weighted by atomic mass is 10.0. The second kappa shape index (κ2) is 8.12. The number of nitrogens with zero attached hydrogens (tertiary/aromatic N) is 3. The molecule has 5 rings (SSSR count). The van der Waals surface area contributed by atoms with E-state index in [1.54, 1.807) is 31.2 Å². The number of aryl methyl sites for hydroxylation is 1. The Morgan fingerprint density at radius 1 is 0.848 bits per heavy atom. The van der Waals surface area contributed by atoms with Crippen LogP contribution in [0.25, 0.3) is 16.7 Å². The number of phenols is 2. The van der Waals surface area contributed by atoms with Crippen LogP contribution in [0.4, 0.5) is 11.4 Å². The first kappa shape index (κ1) is 20.3. The van der Waals surface area contributed by atoms with Gasteiger partial charge in [0, 0.05) is 28.6 Å². The maximum absolute atomic E-state index is 13.0. The van der Waals surface area contributed by atoms with Crippen molar-refractivity contribution in [3.63, 3.8) is 0 Å². The number of carbonyl (C=O) groups excluding carboxylic acids is 1. The van der Waals surface area contributed by atoms with E-state index in [0.717, 1.165) is 5.69 Å². The Morgan fingerprint density at radius 3 is 2.39 bits per heavy atom. The molecule has 0 amide bonds. The van der Waals surface area contributed by atoms with Crippen LogP contribution in [0.5, 0.6) is 11.5 Å². The Balaban J connectivity index is 1.49. The number of carbonyl (C=O) groups is 1. The number of hydrogen-bond acceptors (Lipinski definition) is 6. The van der Waals surface area contributed by atoms with Gasteiger partial charge in [-0.05, 0) is 48.9 Å². The largest absolute Gasteiger partial charge is 0.508 e. The first-order valence-corrected chi connectivity index (χ1v) is 10.4. The normalized spacial score (nSPS) is 10.9. The number of hydrogen-bond donors (Lipinski definition) is 3. The molecule has 0 atom stereocenters. The van der Waals surface area contributed by atoms with Gasteiger partial charge < -0.3 is 15.5 Å². The zero-order valence-corrected chi connectivity index (χ0v) is 17.7. The first-order chi connectivity index (χ1) is 16.0. The zero-order valence-electron chi connectivity index (χ0n) is 17.7. The lowest BCUT2D eigenvalue weighted by molar-refractivity contribution is 0.103. The third kappa shape index (κ3) is 3.87. The van der Waals surface area contributed by atoms with Crippen molar-refractivity contribution in [2.24, 2.45) is 0 Å². The monoisotopic (exact) mass is 436 g/mol. The molecule has 0 unspecified atom stereocenters. The number of para-hydroxylation sites is 1. The summed E-state index contributed by atoms with van der Waals surface area (Å²) in [4.78, 5) is 14.3. The quantitative estimate of drug-likeness (QED) is 0.261. The minimum atomic E-state index is -0.0690. The van der Waals surface area contributed by atoms with Crippen LogP contribution in [-0.4, -0.2) is 31.0 Å². The molecule has 1 aromatic heterocycles. The van der Waals surface area contributed by atoms with E-state index in [4.69, 9.17) is 0 Å². The molecule has 1 heterocycles. The minimum absolute atomic E-state index is 0.000179. The summed E-state index contributed by atoms with van der Waals surface area (Å²) in [5.41, 5.74) is 4.62. The lowest BCUT2D eigenvalue weighted by Crippen LogP contribution is -2.05. The Kier molecular flexibility index (Phi) is 4.99. The van der Waals surface area contributed by atoms with Gasteiger partial charge >= 0.3 is 0 Å². The summed E-state index contributed by atoms with van der Waals surface area (Å²) in [7, 11) is 0. The van der Waals surface area contributed by atoms with Gasteiger partial charge in [0.25, 0.3) is 0 Å². The summed E-state index contributed by atoms with van der Waals surface area (Å²) < 4.78 is 0. The SMILES string of the molecule is Cc1cc(O)cc(-n2nc3ccc(Nc4ccccc4C(=O)c4ccccc4)cc3n2)c1O. The van der Waals surface area contributed by atoms with Crippen LogP contribution in [0.1, 0.15) is 21.5 Å². The number of phenolic OH excluding ortho intramolecular Hbond substituents is 2. The molecule has 0 bridgehead atoms. The van der Waals surface area contributed by atoms with Gasteiger partial charge in [0.1, 0.15) is 28.2 Å². The molecule has 162 valence electrons. The van der Waals surface area contributed by atoms with Gasteiger partial charge in [0.15, 0.2) is 5.78 Å². The number of aromatic nitrogens is 3. The van der Waals surface area contributed by atoms with Crippen LogP contribution >= 0.6 is 0 Å². The van der Waals surface area contributed by atoms with Crippen molar-refractivity contribution in [3.05, 3.63) is 102 Å². The number of nitrogens with one attached hydrogen (secondary N) is 1. The highest BCUT2D eigenvalue weighted by molar-refractivity contribution is 6.12. The summed E-state index contributed by atoms with van der Waals surface area (Å²) >= 11 is 0. The molecule has 0 spiro atoms. The number of benzene rings is 4. The van der Waals surface area contributed by atoms with Gasteiger partial charge in [-0.25, -0.2) is 0 Å². The van der Waals surface area contributed by atoms with Crippen molar-refractivity contribution in [1.29, 1.82) is 0 Å². The van der Waals surface area contributed by atoms with Crippen molar-refractivity contribution in [1.82, 2.24) is 15.0 Å². The summed E-state index contributed by atoms with van der Waals surface area (Å²) in [6.45, 7) is 1.69. The van der Waals surface area contributed by atoms with Crippen LogP contribution in [0.15, 0.2) is 84.9 Å². The molecule has 0 radical (unpaired) electrons. The van der Waals surface area contributed by atoms with Crippen LogP contribution in [0.3, 0.4) is 0 Å².